The van der Waals surface area contributed by atoms with Gasteiger partial charge in [-0.2, -0.15) is 0 Å². The number of carboxylic acids is 1. The number of aromatic nitrogens is 4. The number of nitrogens with one attached hydrogen (secondary N) is 1. The zero-order valence-electron chi connectivity index (χ0n) is 19.9. The van der Waals surface area contributed by atoms with Crippen molar-refractivity contribution in [3.8, 4) is 0 Å². The molecule has 0 aliphatic carbocycles. The summed E-state index contributed by atoms with van der Waals surface area (Å²) in [6.07, 6.45) is -0.135. The Morgan fingerprint density at radius 3 is 2.41 bits per heavy atom. The fourth-order valence-corrected chi connectivity index (χ4v) is 3.79. The van der Waals surface area contributed by atoms with Crippen LogP contribution in [0.25, 0.3) is 0 Å². The Morgan fingerprint density at radius 2 is 1.79 bits per heavy atom. The van der Waals surface area contributed by atoms with Crippen LogP contribution in [0.15, 0.2) is 48.5 Å². The number of hydrogen-bond acceptors (Lipinski definition) is 7. The number of carbonyl (C=O) groups is 2. The Balaban J connectivity index is 2.03. The molecule has 2 unspecified atom stereocenters. The van der Waals surface area contributed by atoms with Gasteiger partial charge < -0.3 is 9.84 Å². The zero-order chi connectivity index (χ0) is 24.7. The minimum absolute atomic E-state index is 0.135. The first-order valence-electron chi connectivity index (χ1n) is 11.3. The van der Waals surface area contributed by atoms with E-state index in [0.717, 1.165) is 16.7 Å². The van der Waals surface area contributed by atoms with Crippen LogP contribution >= 0.6 is 0 Å². The number of nitrogens with zero attached hydrogens (tertiary/aromatic N) is 4. The predicted molar refractivity (Wildman–Crippen MR) is 126 cm³/mol. The van der Waals surface area contributed by atoms with E-state index in [9.17, 15) is 14.7 Å². The topological polar surface area (TPSA) is 119 Å². The van der Waals surface area contributed by atoms with E-state index in [1.165, 1.54) is 10.2 Å². The molecule has 0 spiro atoms. The van der Waals surface area contributed by atoms with Gasteiger partial charge in [0.25, 0.3) is 0 Å². The lowest BCUT2D eigenvalue weighted by atomic mass is 9.96. The monoisotopic (exact) mass is 465 g/mol. The van der Waals surface area contributed by atoms with Crippen molar-refractivity contribution in [1.29, 1.82) is 0 Å². The van der Waals surface area contributed by atoms with Crippen LogP contribution in [-0.4, -0.2) is 43.9 Å². The Bertz CT molecular complexity index is 1110. The smallest absolute Gasteiger partial charge is 0.327 e. The predicted octanol–water partition coefficient (Wildman–Crippen LogP) is 3.56. The van der Waals surface area contributed by atoms with E-state index in [-0.39, 0.29) is 19.6 Å². The molecule has 0 saturated carbocycles. The Morgan fingerprint density at radius 1 is 1.09 bits per heavy atom. The molecule has 0 bridgehead atoms. The number of benzene rings is 2. The lowest BCUT2D eigenvalue weighted by Gasteiger charge is -2.25. The van der Waals surface area contributed by atoms with Crippen molar-refractivity contribution >= 4 is 11.9 Å². The summed E-state index contributed by atoms with van der Waals surface area (Å²) in [7, 11) is 0. The second-order valence-corrected chi connectivity index (χ2v) is 8.49. The molecule has 3 rings (SSSR count). The molecule has 34 heavy (non-hydrogen) atoms. The van der Waals surface area contributed by atoms with E-state index in [4.69, 9.17) is 4.74 Å². The van der Waals surface area contributed by atoms with E-state index >= 15 is 0 Å². The van der Waals surface area contributed by atoms with Gasteiger partial charge in [0.05, 0.1) is 19.1 Å². The third kappa shape index (κ3) is 6.48. The molecular weight excluding hydrogens is 434 g/mol. The molecule has 0 fully saturated rings. The van der Waals surface area contributed by atoms with Crippen LogP contribution in [0, 0.1) is 6.92 Å². The van der Waals surface area contributed by atoms with Gasteiger partial charge in [0.2, 0.25) is 0 Å². The number of aliphatic carboxylic acids is 1. The minimum Gasteiger partial charge on any atom is -0.481 e. The first-order chi connectivity index (χ1) is 16.3. The summed E-state index contributed by atoms with van der Waals surface area (Å²) in [5.74, 6) is -0.625. The second-order valence-electron chi connectivity index (χ2n) is 8.49. The van der Waals surface area contributed by atoms with Gasteiger partial charge in [0.1, 0.15) is 6.54 Å². The number of ether oxygens (including phenoxy) is 1. The van der Waals surface area contributed by atoms with Crippen LogP contribution in [0.3, 0.4) is 0 Å². The van der Waals surface area contributed by atoms with Crippen LogP contribution in [0.5, 0.6) is 0 Å². The normalized spacial score (nSPS) is 13.0. The molecule has 1 heterocycles. The highest BCUT2D eigenvalue weighted by Crippen LogP contribution is 2.28. The van der Waals surface area contributed by atoms with Crippen molar-refractivity contribution in [2.75, 3.05) is 6.61 Å². The third-order valence-corrected chi connectivity index (χ3v) is 5.53. The molecule has 0 amide bonds. The molecule has 0 saturated heterocycles. The average Bonchev–Trinajstić information content (AvgIpc) is 3.24. The van der Waals surface area contributed by atoms with Gasteiger partial charge >= 0.3 is 11.9 Å². The Kier molecular flexibility index (Phi) is 8.48. The molecule has 0 radical (unpaired) electrons. The van der Waals surface area contributed by atoms with Gasteiger partial charge in [-0.1, -0.05) is 67.9 Å². The summed E-state index contributed by atoms with van der Waals surface area (Å²) >= 11 is 0. The first kappa shape index (κ1) is 25.0. The summed E-state index contributed by atoms with van der Waals surface area (Å²) < 4.78 is 6.45. The van der Waals surface area contributed by atoms with Crippen LogP contribution in [0.4, 0.5) is 0 Å². The van der Waals surface area contributed by atoms with Crippen molar-refractivity contribution < 1.29 is 19.4 Å². The van der Waals surface area contributed by atoms with Gasteiger partial charge in [0.15, 0.2) is 5.82 Å². The molecule has 2 atom stereocenters. The third-order valence-electron chi connectivity index (χ3n) is 5.53. The maximum Gasteiger partial charge on any atom is 0.327 e. The molecule has 3 aromatic rings. The Labute approximate surface area is 199 Å². The second kappa shape index (κ2) is 11.5. The molecule has 0 aliphatic rings. The summed E-state index contributed by atoms with van der Waals surface area (Å²) in [5.41, 5.74) is 3.90. The summed E-state index contributed by atoms with van der Waals surface area (Å²) in [4.78, 5) is 23.9. The standard InChI is InChI=1S/C25H31N5O4/c1-5-34-23(33)15-30-25(27-28-29-30)24(19-11-9-18(10-12-19)16(2)3)26-21(14-22(31)32)20-8-6-7-17(4)13-20/h6-13,16,21,24,26H,5,14-15H2,1-4H3,(H,31,32). The largest absolute Gasteiger partial charge is 0.481 e. The highest BCUT2D eigenvalue weighted by molar-refractivity contribution is 5.69. The lowest BCUT2D eigenvalue weighted by molar-refractivity contribution is -0.144. The molecule has 2 aromatic carbocycles. The van der Waals surface area contributed by atoms with E-state index in [2.05, 4.69) is 34.7 Å². The van der Waals surface area contributed by atoms with Gasteiger partial charge in [-0.3, -0.25) is 14.9 Å². The van der Waals surface area contributed by atoms with Gasteiger partial charge in [-0.15, -0.1) is 5.10 Å². The quantitative estimate of drug-likeness (QED) is 0.413. The maximum atomic E-state index is 12.1. The number of esters is 1. The van der Waals surface area contributed by atoms with Gasteiger partial charge in [-0.05, 0) is 46.9 Å². The number of carboxylic acid groups (broad SMARTS) is 1. The van der Waals surface area contributed by atoms with Gasteiger partial charge in [0, 0.05) is 6.04 Å². The lowest BCUT2D eigenvalue weighted by Crippen LogP contribution is -2.32. The SMILES string of the molecule is CCOC(=O)Cn1nnnc1C(NC(CC(=O)O)c1cccc(C)c1)c1ccc(C(C)C)cc1. The number of hydrogen-bond donors (Lipinski definition) is 2. The molecule has 2 N–H and O–H groups in total. The summed E-state index contributed by atoms with van der Waals surface area (Å²) in [6, 6.07) is 14.7. The van der Waals surface area contributed by atoms with E-state index in [1.807, 2.05) is 55.5 Å². The average molecular weight is 466 g/mol. The number of rotatable bonds is 11. The Hall–Kier alpha value is -3.59. The fraction of sp³-hybridized carbons (Fsp3) is 0.400. The highest BCUT2D eigenvalue weighted by atomic mass is 16.5. The molecule has 1 aromatic heterocycles. The number of carbonyl (C=O) groups excluding carboxylic acids is 1. The highest BCUT2D eigenvalue weighted by Gasteiger charge is 2.27. The van der Waals surface area contributed by atoms with Crippen LogP contribution < -0.4 is 5.32 Å². The summed E-state index contributed by atoms with van der Waals surface area (Å²) in [5, 5.41) is 25.0. The zero-order valence-corrected chi connectivity index (χ0v) is 19.9. The number of tetrazole rings is 1. The first-order valence-corrected chi connectivity index (χ1v) is 11.3. The van der Waals surface area contributed by atoms with Crippen molar-refractivity contribution in [3.63, 3.8) is 0 Å². The van der Waals surface area contributed by atoms with Crippen LogP contribution in [0.2, 0.25) is 0 Å². The van der Waals surface area contributed by atoms with E-state index in [1.54, 1.807) is 6.92 Å². The minimum atomic E-state index is -0.931. The fourth-order valence-electron chi connectivity index (χ4n) is 3.79. The molecule has 9 heteroatoms. The molecule has 0 aliphatic heterocycles. The van der Waals surface area contributed by atoms with Gasteiger partial charge in [-0.25, -0.2) is 4.68 Å². The summed E-state index contributed by atoms with van der Waals surface area (Å²) in [6.45, 7) is 8.03. The van der Waals surface area contributed by atoms with Crippen molar-refractivity contribution in [1.82, 2.24) is 25.5 Å². The molecule has 9 nitrogen and oxygen atoms in total. The molecule has 180 valence electrons. The van der Waals surface area contributed by atoms with Crippen LogP contribution in [-0.2, 0) is 20.9 Å². The van der Waals surface area contributed by atoms with E-state index in [0.29, 0.717) is 11.7 Å². The van der Waals surface area contributed by atoms with Crippen molar-refractivity contribution in [2.24, 2.45) is 0 Å². The van der Waals surface area contributed by atoms with Crippen molar-refractivity contribution in [3.05, 3.63) is 76.6 Å². The maximum absolute atomic E-state index is 12.1. The molecular formula is C25H31N5O4. The number of aryl methyl sites for hydroxylation is 1. The van der Waals surface area contributed by atoms with Crippen LogP contribution in [0.1, 0.15) is 73.3 Å². The van der Waals surface area contributed by atoms with E-state index < -0.39 is 24.0 Å². The van der Waals surface area contributed by atoms with Crippen molar-refractivity contribution in [2.45, 2.75) is 58.7 Å².